The highest BCUT2D eigenvalue weighted by atomic mass is 35.5. The summed E-state index contributed by atoms with van der Waals surface area (Å²) in [7, 11) is -3.93. The second-order valence-corrected chi connectivity index (χ2v) is 7.95. The summed E-state index contributed by atoms with van der Waals surface area (Å²) < 4.78 is 36.9. The number of nitrogens with zero attached hydrogens (tertiary/aromatic N) is 4. The lowest BCUT2D eigenvalue weighted by atomic mass is 10.2. The van der Waals surface area contributed by atoms with Gasteiger partial charge in [-0.15, -0.1) is 0 Å². The Morgan fingerprint density at radius 1 is 1.26 bits per heavy atom. The predicted octanol–water partition coefficient (Wildman–Crippen LogP) is 1.53. The van der Waals surface area contributed by atoms with Crippen molar-refractivity contribution in [3.05, 3.63) is 48.1 Å². The van der Waals surface area contributed by atoms with Crippen molar-refractivity contribution < 1.29 is 22.4 Å². The molecule has 0 unspecified atom stereocenters. The van der Waals surface area contributed by atoms with E-state index in [2.05, 4.69) is 15.0 Å². The molecular formula is C16H15ClN4O5S. The van der Waals surface area contributed by atoms with Crippen LogP contribution in [0.3, 0.4) is 0 Å². The predicted molar refractivity (Wildman–Crippen MR) is 94.4 cm³/mol. The molecule has 1 N–H and O–H groups in total. The third kappa shape index (κ3) is 3.54. The molecule has 3 atom stereocenters. The maximum absolute atomic E-state index is 12.2. The number of imidazole rings is 1. The Balaban J connectivity index is 1.48. The highest BCUT2D eigenvalue weighted by Gasteiger charge is 2.37. The molecule has 27 heavy (non-hydrogen) atoms. The molecule has 11 heteroatoms. The maximum Gasteiger partial charge on any atom is 0.297 e. The maximum atomic E-state index is 12.2. The fourth-order valence-corrected chi connectivity index (χ4v) is 4.00. The van der Waals surface area contributed by atoms with E-state index in [1.54, 1.807) is 22.8 Å². The van der Waals surface area contributed by atoms with Crippen LogP contribution in [-0.2, 0) is 19.0 Å². The van der Waals surface area contributed by atoms with E-state index in [1.807, 2.05) is 0 Å². The minimum Gasteiger partial charge on any atom is -0.390 e. The van der Waals surface area contributed by atoms with E-state index in [0.717, 1.165) is 0 Å². The van der Waals surface area contributed by atoms with Gasteiger partial charge in [0.05, 0.1) is 23.9 Å². The number of aromatic nitrogens is 4. The van der Waals surface area contributed by atoms with Gasteiger partial charge >= 0.3 is 0 Å². The van der Waals surface area contributed by atoms with E-state index in [4.69, 9.17) is 20.5 Å². The largest absolute Gasteiger partial charge is 0.390 e. The van der Waals surface area contributed by atoms with Gasteiger partial charge < -0.3 is 9.84 Å². The van der Waals surface area contributed by atoms with E-state index < -0.39 is 28.6 Å². The number of aliphatic hydroxyl groups is 1. The summed E-state index contributed by atoms with van der Waals surface area (Å²) in [6.45, 7) is -0.308. The summed E-state index contributed by atoms with van der Waals surface area (Å²) in [6.07, 6.45) is 0.725. The van der Waals surface area contributed by atoms with E-state index in [-0.39, 0.29) is 23.1 Å². The van der Waals surface area contributed by atoms with Crippen LogP contribution < -0.4 is 0 Å². The van der Waals surface area contributed by atoms with Crippen LogP contribution in [0.2, 0.25) is 5.15 Å². The number of rotatable bonds is 5. The molecule has 142 valence electrons. The Labute approximate surface area is 159 Å². The molecular weight excluding hydrogens is 396 g/mol. The van der Waals surface area contributed by atoms with Crippen molar-refractivity contribution in [2.45, 2.75) is 29.8 Å². The van der Waals surface area contributed by atoms with E-state index in [1.165, 1.54) is 24.8 Å². The third-order valence-electron chi connectivity index (χ3n) is 4.25. The second kappa shape index (κ2) is 7.13. The first-order chi connectivity index (χ1) is 13.0. The molecule has 0 bridgehead atoms. The number of ether oxygens (including phenoxy) is 1. The molecule has 0 amide bonds. The summed E-state index contributed by atoms with van der Waals surface area (Å²) in [5, 5.41) is 10.5. The average molecular weight is 411 g/mol. The molecule has 1 saturated heterocycles. The van der Waals surface area contributed by atoms with Gasteiger partial charge in [0.2, 0.25) is 0 Å². The Bertz CT molecular complexity index is 1060. The standard InChI is InChI=1S/C16H15ClN4O5S/c17-15-14-16(19-8-18-15)21(9-20-14)13-6-11(22)12(26-13)7-25-27(23,24)10-4-2-1-3-5-10/h1-5,8-9,11-13,22H,6-7H2/t11-,12+,13+/m0/s1. The van der Waals surface area contributed by atoms with Gasteiger partial charge in [0.15, 0.2) is 10.8 Å². The molecule has 1 aliphatic rings. The Morgan fingerprint density at radius 3 is 2.81 bits per heavy atom. The van der Waals surface area contributed by atoms with Crippen molar-refractivity contribution >= 4 is 32.9 Å². The van der Waals surface area contributed by atoms with Gasteiger partial charge in [-0.3, -0.25) is 8.75 Å². The highest BCUT2D eigenvalue weighted by Crippen LogP contribution is 2.32. The van der Waals surface area contributed by atoms with Gasteiger partial charge in [0.25, 0.3) is 10.1 Å². The van der Waals surface area contributed by atoms with Gasteiger partial charge in [0, 0.05) is 6.42 Å². The highest BCUT2D eigenvalue weighted by molar-refractivity contribution is 7.86. The molecule has 4 rings (SSSR count). The number of benzene rings is 1. The molecule has 1 aliphatic heterocycles. The molecule has 3 aromatic rings. The van der Waals surface area contributed by atoms with Gasteiger partial charge in [0.1, 0.15) is 24.2 Å². The number of hydrogen-bond acceptors (Lipinski definition) is 8. The summed E-state index contributed by atoms with van der Waals surface area (Å²) in [5.74, 6) is 0. The zero-order chi connectivity index (χ0) is 19.0. The first-order valence-electron chi connectivity index (χ1n) is 8.07. The average Bonchev–Trinajstić information content (AvgIpc) is 3.25. The van der Waals surface area contributed by atoms with Gasteiger partial charge in [-0.1, -0.05) is 29.8 Å². The first-order valence-corrected chi connectivity index (χ1v) is 9.85. The van der Waals surface area contributed by atoms with Crippen LogP contribution >= 0.6 is 11.6 Å². The fraction of sp³-hybridized carbons (Fsp3) is 0.312. The van der Waals surface area contributed by atoms with Crippen LogP contribution in [0, 0.1) is 0 Å². The van der Waals surface area contributed by atoms with Crippen molar-refractivity contribution in [2.75, 3.05) is 6.61 Å². The monoisotopic (exact) mass is 410 g/mol. The van der Waals surface area contributed by atoms with Crippen LogP contribution in [0.5, 0.6) is 0 Å². The Kier molecular flexibility index (Phi) is 4.82. The Hall–Kier alpha value is -2.11. The number of halogens is 1. The number of fused-ring (bicyclic) bond motifs is 1. The third-order valence-corrected chi connectivity index (χ3v) is 5.82. The molecule has 1 fully saturated rings. The quantitative estimate of drug-likeness (QED) is 0.497. The van der Waals surface area contributed by atoms with Crippen LogP contribution in [0.25, 0.3) is 11.2 Å². The minimum absolute atomic E-state index is 0.0426. The van der Waals surface area contributed by atoms with Crippen molar-refractivity contribution in [1.82, 2.24) is 19.5 Å². The molecule has 0 aliphatic carbocycles. The number of aliphatic hydroxyl groups excluding tert-OH is 1. The summed E-state index contributed by atoms with van der Waals surface area (Å²) >= 11 is 5.99. The van der Waals surface area contributed by atoms with Gasteiger partial charge in [-0.2, -0.15) is 8.42 Å². The smallest absolute Gasteiger partial charge is 0.297 e. The summed E-state index contributed by atoms with van der Waals surface area (Å²) in [6, 6.07) is 7.78. The van der Waals surface area contributed by atoms with Crippen LogP contribution in [0.15, 0.2) is 47.9 Å². The van der Waals surface area contributed by atoms with E-state index in [9.17, 15) is 13.5 Å². The van der Waals surface area contributed by atoms with Crippen molar-refractivity contribution in [1.29, 1.82) is 0 Å². The number of hydrogen-bond donors (Lipinski definition) is 1. The summed E-state index contributed by atoms with van der Waals surface area (Å²) in [5.41, 5.74) is 0.884. The lowest BCUT2D eigenvalue weighted by Crippen LogP contribution is -2.28. The van der Waals surface area contributed by atoms with Crippen molar-refractivity contribution in [2.24, 2.45) is 0 Å². The Morgan fingerprint density at radius 2 is 2.04 bits per heavy atom. The normalized spacial score (nSPS) is 23.1. The van der Waals surface area contributed by atoms with Crippen LogP contribution in [0.4, 0.5) is 0 Å². The lowest BCUT2D eigenvalue weighted by molar-refractivity contribution is -0.0371. The van der Waals surface area contributed by atoms with Gasteiger partial charge in [-0.05, 0) is 12.1 Å². The zero-order valence-corrected chi connectivity index (χ0v) is 15.4. The molecule has 1 aromatic carbocycles. The van der Waals surface area contributed by atoms with Gasteiger partial charge in [-0.25, -0.2) is 15.0 Å². The molecule has 2 aromatic heterocycles. The minimum atomic E-state index is -3.93. The topological polar surface area (TPSA) is 116 Å². The van der Waals surface area contributed by atoms with Crippen molar-refractivity contribution in [3.8, 4) is 0 Å². The SMILES string of the molecule is O=S(=O)(OC[C@H]1O[C@@H](n2cnc3c(Cl)ncnc32)C[C@@H]1O)c1ccccc1. The first kappa shape index (κ1) is 18.3. The molecule has 9 nitrogen and oxygen atoms in total. The lowest BCUT2D eigenvalue weighted by Gasteiger charge is -2.15. The molecule has 0 spiro atoms. The summed E-state index contributed by atoms with van der Waals surface area (Å²) in [4.78, 5) is 12.2. The molecule has 0 saturated carbocycles. The van der Waals surface area contributed by atoms with Crippen LogP contribution in [-0.4, -0.2) is 51.9 Å². The zero-order valence-electron chi connectivity index (χ0n) is 13.8. The molecule has 0 radical (unpaired) electrons. The van der Waals surface area contributed by atoms with Crippen LogP contribution in [0.1, 0.15) is 12.6 Å². The van der Waals surface area contributed by atoms with E-state index >= 15 is 0 Å². The fourth-order valence-electron chi connectivity index (χ4n) is 2.88. The molecule has 3 heterocycles. The van der Waals surface area contributed by atoms with E-state index in [0.29, 0.717) is 11.2 Å². The van der Waals surface area contributed by atoms with Crippen molar-refractivity contribution in [3.63, 3.8) is 0 Å². The second-order valence-electron chi connectivity index (χ2n) is 5.97.